The van der Waals surface area contributed by atoms with Crippen LogP contribution in [0.15, 0.2) is 12.1 Å². The molecule has 1 aromatic carbocycles. The van der Waals surface area contributed by atoms with Gasteiger partial charge in [0.2, 0.25) is 0 Å². The monoisotopic (exact) mass is 217 g/mol. The van der Waals surface area contributed by atoms with Crippen LogP contribution in [0, 0.1) is 11.3 Å². The number of nitrogens with zero attached hydrogens (tertiary/aromatic N) is 1. The summed E-state index contributed by atoms with van der Waals surface area (Å²) in [5.41, 5.74) is -2.01. The minimum absolute atomic E-state index is 0.167. The van der Waals surface area contributed by atoms with Crippen molar-refractivity contribution in [1.82, 2.24) is 0 Å². The number of phenolic OH excluding ortho intramolecular Hbond substituents is 1. The Morgan fingerprint density at radius 1 is 1.40 bits per heavy atom. The van der Waals surface area contributed by atoms with Crippen LogP contribution in [0.25, 0.3) is 0 Å². The minimum atomic E-state index is -4.67. The average Bonchev–Trinajstić information content (AvgIpc) is 2.15. The molecule has 0 atom stereocenters. The number of phenols is 1. The van der Waals surface area contributed by atoms with Crippen LogP contribution < -0.4 is 4.74 Å². The molecule has 0 fully saturated rings. The van der Waals surface area contributed by atoms with E-state index in [9.17, 15) is 18.3 Å². The van der Waals surface area contributed by atoms with Crippen molar-refractivity contribution in [3.63, 3.8) is 0 Å². The first kappa shape index (κ1) is 11.2. The molecule has 15 heavy (non-hydrogen) atoms. The van der Waals surface area contributed by atoms with Crippen LogP contribution >= 0.6 is 0 Å². The van der Waals surface area contributed by atoms with E-state index >= 15 is 0 Å². The second-order valence-corrected chi connectivity index (χ2v) is 2.65. The number of methoxy groups -OCH3 is 1. The minimum Gasteiger partial charge on any atom is -0.503 e. The molecule has 0 aliphatic rings. The van der Waals surface area contributed by atoms with E-state index in [1.165, 1.54) is 13.2 Å². The lowest BCUT2D eigenvalue weighted by atomic mass is 10.1. The fraction of sp³-hybridized carbons (Fsp3) is 0.222. The van der Waals surface area contributed by atoms with Crippen molar-refractivity contribution in [2.45, 2.75) is 6.18 Å². The first-order valence-electron chi connectivity index (χ1n) is 3.79. The van der Waals surface area contributed by atoms with E-state index in [2.05, 4.69) is 4.74 Å². The molecule has 0 saturated heterocycles. The highest BCUT2D eigenvalue weighted by atomic mass is 19.4. The molecule has 0 unspecified atom stereocenters. The Morgan fingerprint density at radius 3 is 2.40 bits per heavy atom. The van der Waals surface area contributed by atoms with Crippen molar-refractivity contribution >= 4 is 0 Å². The number of nitriles is 1. The topological polar surface area (TPSA) is 53.2 Å². The molecule has 0 amide bonds. The van der Waals surface area contributed by atoms with Gasteiger partial charge in [0.15, 0.2) is 11.5 Å². The Morgan fingerprint density at radius 2 is 2.00 bits per heavy atom. The van der Waals surface area contributed by atoms with Gasteiger partial charge >= 0.3 is 6.18 Å². The zero-order valence-electron chi connectivity index (χ0n) is 7.59. The highest BCUT2D eigenvalue weighted by molar-refractivity contribution is 5.56. The molecule has 0 aliphatic carbocycles. The van der Waals surface area contributed by atoms with Crippen LogP contribution in [-0.4, -0.2) is 12.2 Å². The standard InChI is InChI=1S/C9H6F3NO2/c1-15-7-3-2-6(9(10,11)12)5(4-13)8(7)14/h2-3,14H,1H3. The summed E-state index contributed by atoms with van der Waals surface area (Å²) in [5.74, 6) is -0.964. The predicted molar refractivity (Wildman–Crippen MR) is 44.4 cm³/mol. The SMILES string of the molecule is COc1ccc(C(F)(F)F)c(C#N)c1O. The van der Waals surface area contributed by atoms with Gasteiger partial charge in [-0.1, -0.05) is 0 Å². The van der Waals surface area contributed by atoms with Gasteiger partial charge in [-0.05, 0) is 12.1 Å². The summed E-state index contributed by atoms with van der Waals surface area (Å²) in [6, 6.07) is 2.94. The van der Waals surface area contributed by atoms with Crippen molar-refractivity contribution in [3.05, 3.63) is 23.3 Å². The smallest absolute Gasteiger partial charge is 0.417 e. The van der Waals surface area contributed by atoms with Crippen LogP contribution in [-0.2, 0) is 6.18 Å². The summed E-state index contributed by atoms with van der Waals surface area (Å²) in [7, 11) is 1.18. The molecule has 0 aromatic heterocycles. The summed E-state index contributed by atoms with van der Waals surface area (Å²) < 4.78 is 41.6. The fourth-order valence-corrected chi connectivity index (χ4v) is 1.09. The highest BCUT2D eigenvalue weighted by Crippen LogP contribution is 2.39. The number of halogens is 3. The molecule has 80 valence electrons. The number of aromatic hydroxyl groups is 1. The summed E-state index contributed by atoms with van der Waals surface area (Å²) in [6.45, 7) is 0. The van der Waals surface area contributed by atoms with Gasteiger partial charge in [0.05, 0.1) is 12.7 Å². The molecule has 3 nitrogen and oxygen atoms in total. The first-order valence-corrected chi connectivity index (χ1v) is 3.79. The van der Waals surface area contributed by atoms with Gasteiger partial charge in [-0.2, -0.15) is 18.4 Å². The number of rotatable bonds is 1. The molecule has 0 spiro atoms. The Labute approximate surface area is 83.3 Å². The van der Waals surface area contributed by atoms with Gasteiger partial charge in [0.1, 0.15) is 11.6 Å². The van der Waals surface area contributed by atoms with Crippen molar-refractivity contribution in [2.75, 3.05) is 7.11 Å². The Kier molecular flexibility index (Phi) is 2.75. The Bertz CT molecular complexity index is 421. The van der Waals surface area contributed by atoms with E-state index in [1.807, 2.05) is 0 Å². The van der Waals surface area contributed by atoms with Crippen molar-refractivity contribution in [3.8, 4) is 17.6 Å². The third-order valence-electron chi connectivity index (χ3n) is 1.78. The first-order chi connectivity index (χ1) is 6.91. The van der Waals surface area contributed by atoms with Crippen LogP contribution in [0.5, 0.6) is 11.5 Å². The third-order valence-corrected chi connectivity index (χ3v) is 1.78. The largest absolute Gasteiger partial charge is 0.503 e. The van der Waals surface area contributed by atoms with Gasteiger partial charge in [0.25, 0.3) is 0 Å². The van der Waals surface area contributed by atoms with Gasteiger partial charge in [-0.25, -0.2) is 0 Å². The zero-order valence-corrected chi connectivity index (χ0v) is 7.59. The lowest BCUT2D eigenvalue weighted by molar-refractivity contribution is -0.137. The third kappa shape index (κ3) is 1.96. The van der Waals surface area contributed by atoms with Crippen LogP contribution in [0.4, 0.5) is 13.2 Å². The summed E-state index contributed by atoms with van der Waals surface area (Å²) in [6.07, 6.45) is -4.67. The highest BCUT2D eigenvalue weighted by Gasteiger charge is 2.35. The number of alkyl halides is 3. The zero-order chi connectivity index (χ0) is 11.6. The molecule has 0 bridgehead atoms. The molecular weight excluding hydrogens is 211 g/mol. The van der Waals surface area contributed by atoms with Crippen LogP contribution in [0.3, 0.4) is 0 Å². The van der Waals surface area contributed by atoms with E-state index in [0.717, 1.165) is 6.07 Å². The van der Waals surface area contributed by atoms with E-state index in [-0.39, 0.29) is 5.75 Å². The summed E-state index contributed by atoms with van der Waals surface area (Å²) >= 11 is 0. The van der Waals surface area contributed by atoms with Crippen LogP contribution in [0.1, 0.15) is 11.1 Å². The molecule has 0 aliphatic heterocycles. The molecule has 6 heteroatoms. The Balaban J connectivity index is 3.47. The summed E-state index contributed by atoms with van der Waals surface area (Å²) in [5, 5.41) is 17.8. The van der Waals surface area contributed by atoms with Crippen LogP contribution in [0.2, 0.25) is 0 Å². The molecule has 0 heterocycles. The van der Waals surface area contributed by atoms with E-state index in [4.69, 9.17) is 5.26 Å². The normalized spacial score (nSPS) is 10.9. The van der Waals surface area contributed by atoms with Gasteiger partial charge in [-0.15, -0.1) is 0 Å². The lowest BCUT2D eigenvalue weighted by Gasteiger charge is -2.11. The summed E-state index contributed by atoms with van der Waals surface area (Å²) in [4.78, 5) is 0. The Hall–Kier alpha value is -1.90. The average molecular weight is 217 g/mol. The van der Waals surface area contributed by atoms with Gasteiger partial charge in [0, 0.05) is 0 Å². The molecule has 0 saturated carbocycles. The maximum absolute atomic E-state index is 12.3. The quantitative estimate of drug-likeness (QED) is 0.785. The van der Waals surface area contributed by atoms with Crippen molar-refractivity contribution in [1.29, 1.82) is 5.26 Å². The predicted octanol–water partition coefficient (Wildman–Crippen LogP) is 2.29. The maximum Gasteiger partial charge on any atom is 0.417 e. The molecule has 1 aromatic rings. The fourth-order valence-electron chi connectivity index (χ4n) is 1.09. The molecule has 1 rings (SSSR count). The van der Waals surface area contributed by atoms with E-state index < -0.39 is 23.1 Å². The molecule has 1 N–H and O–H groups in total. The lowest BCUT2D eigenvalue weighted by Crippen LogP contribution is -2.08. The van der Waals surface area contributed by atoms with Gasteiger partial charge in [-0.3, -0.25) is 0 Å². The number of hydrogen-bond acceptors (Lipinski definition) is 3. The molecular formula is C9H6F3NO2. The van der Waals surface area contributed by atoms with E-state index in [1.54, 1.807) is 0 Å². The van der Waals surface area contributed by atoms with Gasteiger partial charge < -0.3 is 9.84 Å². The molecule has 0 radical (unpaired) electrons. The number of hydrogen-bond donors (Lipinski definition) is 1. The second kappa shape index (κ2) is 3.69. The van der Waals surface area contributed by atoms with E-state index in [0.29, 0.717) is 6.07 Å². The second-order valence-electron chi connectivity index (χ2n) is 2.65. The van der Waals surface area contributed by atoms with Crippen molar-refractivity contribution < 1.29 is 23.0 Å². The van der Waals surface area contributed by atoms with Crippen molar-refractivity contribution in [2.24, 2.45) is 0 Å². The number of benzene rings is 1. The maximum atomic E-state index is 12.3. The number of ether oxygens (including phenoxy) is 1.